The van der Waals surface area contributed by atoms with Crippen molar-refractivity contribution >= 4 is 44.1 Å². The van der Waals surface area contributed by atoms with Crippen LogP contribution in [-0.4, -0.2) is 48.7 Å². The molecule has 9 nitrogen and oxygen atoms in total. The van der Waals surface area contributed by atoms with Crippen molar-refractivity contribution in [3.63, 3.8) is 0 Å². The van der Waals surface area contributed by atoms with E-state index in [0.717, 1.165) is 11.1 Å². The molecule has 0 radical (unpaired) electrons. The number of ketones is 1. The van der Waals surface area contributed by atoms with Gasteiger partial charge in [-0.2, -0.15) is 0 Å². The van der Waals surface area contributed by atoms with Gasteiger partial charge in [-0.25, -0.2) is 4.98 Å². The number of hydrogen-bond acceptors (Lipinski definition) is 9. The fourth-order valence-corrected chi connectivity index (χ4v) is 5.80. The van der Waals surface area contributed by atoms with Gasteiger partial charge in [-0.1, -0.05) is 30.4 Å². The van der Waals surface area contributed by atoms with E-state index >= 15 is 0 Å². The lowest BCUT2D eigenvalue weighted by atomic mass is 9.95. The van der Waals surface area contributed by atoms with Crippen LogP contribution in [0.3, 0.4) is 0 Å². The summed E-state index contributed by atoms with van der Waals surface area (Å²) in [5.41, 5.74) is 1.58. The lowest BCUT2D eigenvalue weighted by Gasteiger charge is -2.23. The van der Waals surface area contributed by atoms with E-state index in [1.54, 1.807) is 61.7 Å². The smallest absolute Gasteiger partial charge is 0.301 e. The van der Waals surface area contributed by atoms with Crippen molar-refractivity contribution < 1.29 is 33.6 Å². The summed E-state index contributed by atoms with van der Waals surface area (Å²) in [7, 11) is 1.58. The molecule has 1 atom stereocenters. The second-order valence-electron chi connectivity index (χ2n) is 9.28. The zero-order chi connectivity index (χ0) is 27.8. The second kappa shape index (κ2) is 10.5. The molecule has 1 amide bonds. The molecule has 1 fully saturated rings. The minimum atomic E-state index is -0.920. The summed E-state index contributed by atoms with van der Waals surface area (Å²) in [5, 5.41) is 11.8. The van der Waals surface area contributed by atoms with Gasteiger partial charge < -0.3 is 24.1 Å². The Balaban J connectivity index is 1.49. The molecule has 1 aromatic heterocycles. The van der Waals surface area contributed by atoms with Crippen molar-refractivity contribution in [2.45, 2.75) is 19.4 Å². The number of amides is 1. The first-order valence-corrected chi connectivity index (χ1v) is 13.7. The molecule has 40 heavy (non-hydrogen) atoms. The average molecular weight is 559 g/mol. The zero-order valence-corrected chi connectivity index (χ0v) is 22.7. The molecule has 1 N–H and O–H groups in total. The predicted octanol–water partition coefficient (Wildman–Crippen LogP) is 5.49. The van der Waals surface area contributed by atoms with Crippen molar-refractivity contribution in [1.82, 2.24) is 4.98 Å². The molecule has 0 aliphatic carbocycles. The van der Waals surface area contributed by atoms with Crippen molar-refractivity contribution in [2.75, 3.05) is 31.8 Å². The maximum atomic E-state index is 13.6. The number of carbonyl (C=O) groups excluding carboxylic acids is 2. The Morgan fingerprint density at radius 2 is 1.77 bits per heavy atom. The summed E-state index contributed by atoms with van der Waals surface area (Å²) in [4.78, 5) is 33.2. The van der Waals surface area contributed by atoms with E-state index in [4.69, 9.17) is 18.9 Å². The summed E-state index contributed by atoms with van der Waals surface area (Å²) < 4.78 is 23.1. The van der Waals surface area contributed by atoms with Gasteiger partial charge in [0.15, 0.2) is 16.6 Å². The lowest BCUT2D eigenvalue weighted by Crippen LogP contribution is -2.29. The molecular formula is C30H26N2O7S. The molecule has 3 heterocycles. The molecule has 3 aromatic carbocycles. The Labute approximate surface area is 234 Å². The minimum absolute atomic E-state index is 0.0410. The number of aliphatic hydroxyl groups is 1. The quantitative estimate of drug-likeness (QED) is 0.180. The maximum Gasteiger partial charge on any atom is 0.301 e. The van der Waals surface area contributed by atoms with E-state index in [0.29, 0.717) is 64.6 Å². The highest BCUT2D eigenvalue weighted by molar-refractivity contribution is 7.22. The first-order chi connectivity index (χ1) is 19.5. The SMILES string of the molecule is CCCOc1ccc(C2C(=C(O)c3ccc4c(c3)OCCO4)C(=O)C(=O)N2c2nc3ccc(OC)cc3s2)cc1. The Bertz CT molecular complexity index is 1640. The van der Waals surface area contributed by atoms with Crippen LogP contribution in [0.1, 0.15) is 30.5 Å². The van der Waals surface area contributed by atoms with Gasteiger partial charge in [0.05, 0.1) is 35.5 Å². The molecule has 2 aliphatic heterocycles. The number of aliphatic hydroxyl groups excluding tert-OH is 1. The molecule has 6 rings (SSSR count). The van der Waals surface area contributed by atoms with Crippen LogP contribution in [0.4, 0.5) is 5.13 Å². The molecule has 1 unspecified atom stereocenters. The number of anilines is 1. The van der Waals surface area contributed by atoms with E-state index in [-0.39, 0.29) is 11.3 Å². The molecule has 0 bridgehead atoms. The summed E-state index contributed by atoms with van der Waals surface area (Å²) in [5.74, 6) is 0.439. The van der Waals surface area contributed by atoms with Gasteiger partial charge in [-0.05, 0) is 60.5 Å². The van der Waals surface area contributed by atoms with Gasteiger partial charge in [0, 0.05) is 5.56 Å². The van der Waals surface area contributed by atoms with Crippen LogP contribution in [0.5, 0.6) is 23.0 Å². The number of fused-ring (bicyclic) bond motifs is 2. The Kier molecular flexibility index (Phi) is 6.77. The van der Waals surface area contributed by atoms with Crippen LogP contribution in [0.25, 0.3) is 16.0 Å². The summed E-state index contributed by atoms with van der Waals surface area (Å²) in [6.07, 6.45) is 0.861. The van der Waals surface area contributed by atoms with Gasteiger partial charge in [0.25, 0.3) is 5.78 Å². The van der Waals surface area contributed by atoms with Crippen LogP contribution in [0, 0.1) is 0 Å². The number of aromatic nitrogens is 1. The fraction of sp³-hybridized carbons (Fsp3) is 0.233. The number of carbonyl (C=O) groups is 2. The zero-order valence-electron chi connectivity index (χ0n) is 21.9. The molecular weight excluding hydrogens is 532 g/mol. The van der Waals surface area contributed by atoms with Crippen LogP contribution >= 0.6 is 11.3 Å². The normalized spacial score (nSPS) is 17.9. The van der Waals surface area contributed by atoms with Gasteiger partial charge >= 0.3 is 5.91 Å². The van der Waals surface area contributed by atoms with Crippen LogP contribution in [-0.2, 0) is 9.59 Å². The average Bonchev–Trinajstić information content (AvgIpc) is 3.53. The second-order valence-corrected chi connectivity index (χ2v) is 10.3. The van der Waals surface area contributed by atoms with Crippen molar-refractivity contribution in [3.05, 3.63) is 77.4 Å². The number of Topliss-reactive ketones (excluding diaryl/α,β-unsaturated/α-hetero) is 1. The van der Waals surface area contributed by atoms with Gasteiger partial charge in [-0.3, -0.25) is 14.5 Å². The Morgan fingerprint density at radius 3 is 2.52 bits per heavy atom. The predicted molar refractivity (Wildman–Crippen MR) is 151 cm³/mol. The van der Waals surface area contributed by atoms with Crippen molar-refractivity contribution in [3.8, 4) is 23.0 Å². The molecule has 4 aromatic rings. The molecule has 1 saturated heterocycles. The van der Waals surface area contributed by atoms with Crippen molar-refractivity contribution in [1.29, 1.82) is 0 Å². The Hall–Kier alpha value is -4.57. The number of rotatable bonds is 7. The number of nitrogens with zero attached hydrogens (tertiary/aromatic N) is 2. The number of ether oxygens (including phenoxy) is 4. The number of hydrogen-bond donors (Lipinski definition) is 1. The molecule has 204 valence electrons. The summed E-state index contributed by atoms with van der Waals surface area (Å²) in [6, 6.07) is 16.6. The first-order valence-electron chi connectivity index (χ1n) is 12.9. The fourth-order valence-electron chi connectivity index (χ4n) is 4.78. The van der Waals surface area contributed by atoms with E-state index in [9.17, 15) is 14.7 Å². The molecule has 0 spiro atoms. The first kappa shape index (κ1) is 25.7. The highest BCUT2D eigenvalue weighted by Crippen LogP contribution is 2.45. The van der Waals surface area contributed by atoms with E-state index < -0.39 is 17.7 Å². The standard InChI is InChI=1S/C30H26N2O7S/c1-3-12-37-19-7-4-17(5-8-19)26-25(27(33)18-6-11-22-23(15-18)39-14-13-38-22)28(34)29(35)32(26)30-31-21-10-9-20(36-2)16-24(21)40-30/h4-11,15-16,26,33H,3,12-14H2,1-2H3. The number of thiazole rings is 1. The summed E-state index contributed by atoms with van der Waals surface area (Å²) in [6.45, 7) is 3.39. The molecule has 2 aliphatic rings. The highest BCUT2D eigenvalue weighted by atomic mass is 32.1. The van der Waals surface area contributed by atoms with Crippen LogP contribution in [0.15, 0.2) is 66.2 Å². The topological polar surface area (TPSA) is 107 Å². The van der Waals surface area contributed by atoms with E-state index in [2.05, 4.69) is 4.98 Å². The third-order valence-corrected chi connectivity index (χ3v) is 7.74. The van der Waals surface area contributed by atoms with E-state index in [1.165, 1.54) is 16.2 Å². The van der Waals surface area contributed by atoms with Gasteiger partial charge in [0.1, 0.15) is 30.5 Å². The Morgan fingerprint density at radius 1 is 1.02 bits per heavy atom. The monoisotopic (exact) mass is 558 g/mol. The van der Waals surface area contributed by atoms with Gasteiger partial charge in [0.2, 0.25) is 0 Å². The largest absolute Gasteiger partial charge is 0.507 e. The van der Waals surface area contributed by atoms with Crippen LogP contribution < -0.4 is 23.8 Å². The third kappa shape index (κ3) is 4.50. The summed E-state index contributed by atoms with van der Waals surface area (Å²) >= 11 is 1.27. The maximum absolute atomic E-state index is 13.6. The number of methoxy groups -OCH3 is 1. The minimum Gasteiger partial charge on any atom is -0.507 e. The lowest BCUT2D eigenvalue weighted by molar-refractivity contribution is -0.132. The van der Waals surface area contributed by atoms with Crippen LogP contribution in [0.2, 0.25) is 0 Å². The molecule has 0 saturated carbocycles. The molecule has 10 heteroatoms. The van der Waals surface area contributed by atoms with E-state index in [1.807, 2.05) is 13.0 Å². The number of benzene rings is 3. The van der Waals surface area contributed by atoms with Gasteiger partial charge in [-0.15, -0.1) is 0 Å². The highest BCUT2D eigenvalue weighted by Gasteiger charge is 2.48. The third-order valence-electron chi connectivity index (χ3n) is 6.72. The van der Waals surface area contributed by atoms with Crippen molar-refractivity contribution in [2.24, 2.45) is 0 Å².